The summed E-state index contributed by atoms with van der Waals surface area (Å²) in [6.45, 7) is 4.82. The number of halogens is 3. The average Bonchev–Trinajstić information content (AvgIpc) is 2.79. The fraction of sp³-hybridized carbons (Fsp3) is 0.857. The van der Waals surface area contributed by atoms with Gasteiger partial charge in [0, 0.05) is 6.04 Å². The fourth-order valence-corrected chi connectivity index (χ4v) is 2.75. The predicted octanol–water partition coefficient (Wildman–Crippen LogP) is 1.47. The largest absolute Gasteiger partial charge is 0.468 e. The van der Waals surface area contributed by atoms with E-state index in [-0.39, 0.29) is 6.42 Å². The molecule has 3 N–H and O–H groups in total. The zero-order valence-electron chi connectivity index (χ0n) is 13.9. The molecule has 0 radical (unpaired) electrons. The lowest BCUT2D eigenvalue weighted by Gasteiger charge is -2.39. The minimum absolute atomic E-state index is 0.0761. The highest BCUT2D eigenvalue weighted by Crippen LogP contribution is 2.52. The van der Waals surface area contributed by atoms with Crippen LogP contribution in [-0.2, 0) is 14.3 Å². The molecule has 10 heteroatoms. The van der Waals surface area contributed by atoms with Gasteiger partial charge in [-0.15, -0.1) is 0 Å². The van der Waals surface area contributed by atoms with Crippen molar-refractivity contribution in [2.24, 2.45) is 5.41 Å². The van der Waals surface area contributed by atoms with Crippen molar-refractivity contribution in [1.82, 2.24) is 5.32 Å². The molecular weight excluding hydrogens is 335 g/mol. The minimum Gasteiger partial charge on any atom is -0.468 e. The molecule has 0 aliphatic heterocycles. The maximum atomic E-state index is 13.0. The van der Waals surface area contributed by atoms with Gasteiger partial charge in [0.15, 0.2) is 0 Å². The third-order valence-electron chi connectivity index (χ3n) is 3.87. The van der Waals surface area contributed by atoms with E-state index in [0.29, 0.717) is 0 Å². The molecular formula is C14H22F3NO6. The Bertz CT molecular complexity index is 500. The summed E-state index contributed by atoms with van der Waals surface area (Å²) in [6.07, 6.45) is -7.59. The van der Waals surface area contributed by atoms with Gasteiger partial charge >= 0.3 is 18.2 Å². The highest BCUT2D eigenvalue weighted by atomic mass is 19.4. The van der Waals surface area contributed by atoms with Crippen LogP contribution in [0.1, 0.15) is 40.0 Å². The van der Waals surface area contributed by atoms with Crippen LogP contribution >= 0.6 is 0 Å². The Balaban J connectivity index is 3.00. The van der Waals surface area contributed by atoms with Crippen molar-refractivity contribution in [1.29, 1.82) is 0 Å². The molecule has 7 nitrogen and oxygen atoms in total. The van der Waals surface area contributed by atoms with Crippen LogP contribution in [0.15, 0.2) is 0 Å². The second-order valence-electron chi connectivity index (χ2n) is 6.83. The van der Waals surface area contributed by atoms with Crippen LogP contribution in [0.3, 0.4) is 0 Å². The smallest absolute Gasteiger partial charge is 0.444 e. The predicted molar refractivity (Wildman–Crippen MR) is 74.7 cm³/mol. The standard InChI is InChI=1S/C14H22F3NO6/c1-11(2,3)24-10(20)18-8-5-6-12(7-8,9(19)23-4)13(21,22)14(15,16)17/h8,21-22H,5-7H2,1-4H3,(H,18,20)/t8-,12?/m1/s1. The molecule has 0 aromatic rings. The van der Waals surface area contributed by atoms with Gasteiger partial charge in [0.05, 0.1) is 7.11 Å². The Morgan fingerprint density at radius 2 is 1.75 bits per heavy atom. The monoisotopic (exact) mass is 357 g/mol. The fourth-order valence-electron chi connectivity index (χ4n) is 2.75. The summed E-state index contributed by atoms with van der Waals surface area (Å²) >= 11 is 0. The van der Waals surface area contributed by atoms with Gasteiger partial charge in [0.25, 0.3) is 5.79 Å². The first-order valence-electron chi connectivity index (χ1n) is 7.26. The summed E-state index contributed by atoms with van der Waals surface area (Å²) in [5.41, 5.74) is -3.44. The Kier molecular flexibility index (Phi) is 5.46. The molecule has 0 saturated heterocycles. The van der Waals surface area contributed by atoms with Gasteiger partial charge in [-0.3, -0.25) is 4.79 Å². The van der Waals surface area contributed by atoms with E-state index < -0.39 is 53.9 Å². The topological polar surface area (TPSA) is 105 Å². The van der Waals surface area contributed by atoms with Gasteiger partial charge in [-0.25, -0.2) is 4.79 Å². The summed E-state index contributed by atoms with van der Waals surface area (Å²) in [7, 11) is 0.852. The molecule has 1 amide bonds. The minimum atomic E-state index is -5.47. The van der Waals surface area contributed by atoms with Crippen molar-refractivity contribution in [3.05, 3.63) is 0 Å². The van der Waals surface area contributed by atoms with Gasteiger partial charge < -0.3 is 25.0 Å². The molecule has 0 heterocycles. The van der Waals surface area contributed by atoms with Gasteiger partial charge in [-0.2, -0.15) is 13.2 Å². The quantitative estimate of drug-likeness (QED) is 0.522. The molecule has 1 aliphatic carbocycles. The first-order chi connectivity index (χ1) is 10.7. The molecule has 1 rings (SSSR count). The number of methoxy groups -OCH3 is 1. The number of aliphatic hydroxyl groups is 2. The van der Waals surface area contributed by atoms with Gasteiger partial charge in [-0.05, 0) is 40.0 Å². The van der Waals surface area contributed by atoms with E-state index in [0.717, 1.165) is 7.11 Å². The Labute approximate surface area is 137 Å². The molecule has 1 unspecified atom stereocenters. The number of ether oxygens (including phenoxy) is 2. The zero-order chi connectivity index (χ0) is 19.0. The van der Waals surface area contributed by atoms with Crippen LogP contribution in [0.4, 0.5) is 18.0 Å². The second-order valence-corrected chi connectivity index (χ2v) is 6.83. The van der Waals surface area contributed by atoms with Gasteiger partial charge in [-0.1, -0.05) is 0 Å². The molecule has 1 fully saturated rings. The number of hydrogen-bond acceptors (Lipinski definition) is 6. The van der Waals surface area contributed by atoms with Crippen molar-refractivity contribution in [3.63, 3.8) is 0 Å². The number of amides is 1. The number of carbonyl (C=O) groups excluding carboxylic acids is 2. The Morgan fingerprint density at radius 1 is 1.21 bits per heavy atom. The van der Waals surface area contributed by atoms with Crippen molar-refractivity contribution < 1.29 is 42.4 Å². The number of rotatable bonds is 3. The Morgan fingerprint density at radius 3 is 2.17 bits per heavy atom. The molecule has 0 bridgehead atoms. The van der Waals surface area contributed by atoms with E-state index in [1.165, 1.54) is 0 Å². The van der Waals surface area contributed by atoms with Crippen LogP contribution in [0.25, 0.3) is 0 Å². The summed E-state index contributed by atoms with van der Waals surface area (Å²) in [5, 5.41) is 21.6. The SMILES string of the molecule is COC(=O)C1(C(O)(O)C(F)(F)F)CC[C@@H](NC(=O)OC(C)(C)C)C1. The van der Waals surface area contributed by atoms with E-state index in [1.807, 2.05) is 0 Å². The molecule has 0 spiro atoms. The first-order valence-corrected chi connectivity index (χ1v) is 7.26. The Hall–Kier alpha value is -1.55. The van der Waals surface area contributed by atoms with Crippen molar-refractivity contribution >= 4 is 12.1 Å². The summed E-state index contributed by atoms with van der Waals surface area (Å²) in [5.74, 6) is -5.68. The number of nitrogens with one attached hydrogen (secondary N) is 1. The summed E-state index contributed by atoms with van der Waals surface area (Å²) in [4.78, 5) is 23.6. The first kappa shape index (κ1) is 20.5. The number of hydrogen-bond donors (Lipinski definition) is 3. The van der Waals surface area contributed by atoms with Crippen LogP contribution in [0, 0.1) is 5.41 Å². The van der Waals surface area contributed by atoms with Crippen LogP contribution < -0.4 is 5.32 Å². The zero-order valence-corrected chi connectivity index (χ0v) is 13.9. The van der Waals surface area contributed by atoms with Crippen molar-refractivity contribution in [3.8, 4) is 0 Å². The van der Waals surface area contributed by atoms with E-state index in [1.54, 1.807) is 20.8 Å². The van der Waals surface area contributed by atoms with Crippen molar-refractivity contribution in [2.75, 3.05) is 7.11 Å². The molecule has 24 heavy (non-hydrogen) atoms. The average molecular weight is 357 g/mol. The summed E-state index contributed by atoms with van der Waals surface area (Å²) in [6, 6.07) is -0.903. The van der Waals surface area contributed by atoms with Gasteiger partial charge in [0.2, 0.25) is 0 Å². The molecule has 1 saturated carbocycles. The normalized spacial score (nSPS) is 25.3. The number of esters is 1. The second kappa shape index (κ2) is 6.40. The molecule has 0 aromatic carbocycles. The van der Waals surface area contributed by atoms with E-state index in [2.05, 4.69) is 10.1 Å². The molecule has 1 aliphatic rings. The highest BCUT2D eigenvalue weighted by Gasteiger charge is 2.71. The van der Waals surface area contributed by atoms with E-state index >= 15 is 0 Å². The highest BCUT2D eigenvalue weighted by molar-refractivity contribution is 5.79. The number of alkyl carbamates (subject to hydrolysis) is 1. The lowest BCUT2D eigenvalue weighted by Crippen LogP contribution is -2.61. The van der Waals surface area contributed by atoms with Crippen molar-refractivity contribution in [2.45, 2.75) is 63.6 Å². The third-order valence-corrected chi connectivity index (χ3v) is 3.87. The van der Waals surface area contributed by atoms with Gasteiger partial charge in [0.1, 0.15) is 11.0 Å². The van der Waals surface area contributed by atoms with E-state index in [4.69, 9.17) is 4.74 Å². The van der Waals surface area contributed by atoms with Crippen LogP contribution in [-0.4, -0.2) is 53.0 Å². The maximum Gasteiger partial charge on any atom is 0.444 e. The van der Waals surface area contributed by atoms with E-state index in [9.17, 15) is 33.0 Å². The third kappa shape index (κ3) is 3.92. The number of alkyl halides is 3. The van der Waals surface area contributed by atoms with Crippen LogP contribution in [0.5, 0.6) is 0 Å². The number of carbonyl (C=O) groups is 2. The van der Waals surface area contributed by atoms with Crippen LogP contribution in [0.2, 0.25) is 0 Å². The maximum absolute atomic E-state index is 13.0. The molecule has 2 atom stereocenters. The lowest BCUT2D eigenvalue weighted by atomic mass is 9.76. The summed E-state index contributed by atoms with van der Waals surface area (Å²) < 4.78 is 48.4. The lowest BCUT2D eigenvalue weighted by molar-refractivity contribution is -0.387. The molecule has 0 aromatic heterocycles. The molecule has 140 valence electrons.